The molecule has 0 amide bonds. The van der Waals surface area contributed by atoms with Gasteiger partial charge < -0.3 is 9.47 Å². The van der Waals surface area contributed by atoms with E-state index in [1.165, 1.54) is 19.2 Å². The first kappa shape index (κ1) is 22.5. The van der Waals surface area contributed by atoms with E-state index >= 15 is 0 Å². The highest BCUT2D eigenvalue weighted by atomic mass is 35.5. The third kappa shape index (κ3) is 4.98. The van der Waals surface area contributed by atoms with Crippen molar-refractivity contribution in [3.8, 4) is 5.75 Å². The molecule has 0 aromatic heterocycles. The lowest BCUT2D eigenvalue weighted by Gasteiger charge is -2.14. The fourth-order valence-corrected chi connectivity index (χ4v) is 3.68. The first-order chi connectivity index (χ1) is 13.1. The van der Waals surface area contributed by atoms with Crippen LogP contribution in [0.3, 0.4) is 0 Å². The van der Waals surface area contributed by atoms with E-state index in [0.29, 0.717) is 0 Å². The number of nitrogens with zero attached hydrogens (tertiary/aromatic N) is 2. The van der Waals surface area contributed by atoms with Gasteiger partial charge >= 0.3 is 15.6 Å². The van der Waals surface area contributed by atoms with Crippen LogP contribution in [0.15, 0.2) is 40.8 Å². The summed E-state index contributed by atoms with van der Waals surface area (Å²) < 4.78 is 38.3. The van der Waals surface area contributed by atoms with Gasteiger partial charge in [0.2, 0.25) is 5.90 Å². The fourth-order valence-electron chi connectivity index (χ4n) is 1.91. The number of benzene rings is 2. The standard InChI is InChI=1S/C15H10Cl4N2O6S/c1-26-14(8-5-3-2-4-6-8)20-28(24,25)15(21(22)23)27-10-7-9(16)11(17)13(19)12(10)18/h2-7,15H,1H3/b20-14-. The molecule has 150 valence electrons. The number of hydrogen-bond donors (Lipinski definition) is 0. The second-order valence-corrected chi connectivity index (χ2v) is 8.15. The maximum atomic E-state index is 12.5. The molecule has 1 unspecified atom stereocenters. The molecule has 2 aromatic carbocycles. The van der Waals surface area contributed by atoms with Gasteiger partial charge in [0.25, 0.3) is 0 Å². The molecule has 0 heterocycles. The molecule has 0 saturated carbocycles. The third-order valence-corrected chi connectivity index (χ3v) is 6.08. The summed E-state index contributed by atoms with van der Waals surface area (Å²) >= 11 is 23.4. The first-order valence-electron chi connectivity index (χ1n) is 7.14. The van der Waals surface area contributed by atoms with Crippen LogP contribution in [0, 0.1) is 10.1 Å². The average molecular weight is 488 g/mol. The van der Waals surface area contributed by atoms with E-state index in [9.17, 15) is 18.5 Å². The van der Waals surface area contributed by atoms with Gasteiger partial charge in [0.1, 0.15) is 10.8 Å². The van der Waals surface area contributed by atoms with Crippen molar-refractivity contribution < 1.29 is 22.8 Å². The maximum absolute atomic E-state index is 12.5. The van der Waals surface area contributed by atoms with E-state index in [4.69, 9.17) is 55.9 Å². The van der Waals surface area contributed by atoms with Crippen molar-refractivity contribution in [1.29, 1.82) is 0 Å². The molecule has 13 heteroatoms. The van der Waals surface area contributed by atoms with E-state index in [0.717, 1.165) is 6.07 Å². The molecule has 0 saturated heterocycles. The largest absolute Gasteiger partial charge is 0.480 e. The third-order valence-electron chi connectivity index (χ3n) is 3.15. The van der Waals surface area contributed by atoms with E-state index in [-0.39, 0.29) is 31.6 Å². The molecule has 28 heavy (non-hydrogen) atoms. The van der Waals surface area contributed by atoms with Gasteiger partial charge in [-0.1, -0.05) is 64.6 Å². The smallest absolute Gasteiger partial charge is 0.476 e. The van der Waals surface area contributed by atoms with Crippen LogP contribution in [0.25, 0.3) is 0 Å². The quantitative estimate of drug-likeness (QED) is 0.111. The Kier molecular flexibility index (Phi) is 7.35. The number of hydrogen-bond acceptors (Lipinski definition) is 6. The number of halogens is 4. The number of nitro groups is 1. The normalized spacial score (nSPS) is 13.1. The highest BCUT2D eigenvalue weighted by Gasteiger charge is 2.40. The number of sulfonamides is 1. The summed E-state index contributed by atoms with van der Waals surface area (Å²) in [5.74, 6) is -0.825. The van der Waals surface area contributed by atoms with Gasteiger partial charge in [0, 0.05) is 11.6 Å². The van der Waals surface area contributed by atoms with E-state index in [1.807, 2.05) is 0 Å². The highest BCUT2D eigenvalue weighted by molar-refractivity contribution is 7.90. The van der Waals surface area contributed by atoms with Crippen molar-refractivity contribution in [3.63, 3.8) is 0 Å². The van der Waals surface area contributed by atoms with Crippen LogP contribution in [0.5, 0.6) is 5.75 Å². The highest BCUT2D eigenvalue weighted by Crippen LogP contribution is 2.42. The maximum Gasteiger partial charge on any atom is 0.476 e. The lowest BCUT2D eigenvalue weighted by Crippen LogP contribution is -2.35. The van der Waals surface area contributed by atoms with Crippen LogP contribution < -0.4 is 4.74 Å². The lowest BCUT2D eigenvalue weighted by molar-refractivity contribution is -0.534. The lowest BCUT2D eigenvalue weighted by atomic mass is 10.2. The van der Waals surface area contributed by atoms with Crippen molar-refractivity contribution in [2.45, 2.75) is 5.56 Å². The topological polar surface area (TPSA) is 108 Å². The van der Waals surface area contributed by atoms with Crippen molar-refractivity contribution in [1.82, 2.24) is 0 Å². The van der Waals surface area contributed by atoms with Gasteiger partial charge in [-0.05, 0) is 12.1 Å². The Morgan fingerprint density at radius 1 is 1.11 bits per heavy atom. The van der Waals surface area contributed by atoms with Crippen molar-refractivity contribution >= 4 is 62.3 Å². The minimum atomic E-state index is -4.87. The Labute approximate surface area is 179 Å². The molecule has 1 atom stereocenters. The summed E-state index contributed by atoms with van der Waals surface area (Å²) in [5, 5.41) is 10.5. The zero-order valence-corrected chi connectivity index (χ0v) is 17.6. The molecule has 2 aromatic rings. The Morgan fingerprint density at radius 2 is 1.71 bits per heavy atom. The number of rotatable bonds is 6. The Morgan fingerprint density at radius 3 is 2.25 bits per heavy atom. The second-order valence-electron chi connectivity index (χ2n) is 4.99. The van der Waals surface area contributed by atoms with Gasteiger partial charge in [-0.15, -0.1) is 4.40 Å². The van der Waals surface area contributed by atoms with Crippen molar-refractivity contribution in [3.05, 3.63) is 72.2 Å². The SMILES string of the molecule is CO/C(=N\S(=O)(=O)C(Oc1cc(Cl)c(Cl)c(Cl)c1Cl)[N+](=O)[O-])c1ccccc1. The Hall–Kier alpha value is -1.78. The van der Waals surface area contributed by atoms with E-state index < -0.39 is 26.3 Å². The molecule has 0 aliphatic carbocycles. The average Bonchev–Trinajstić information content (AvgIpc) is 2.66. The molecule has 2 rings (SSSR count). The fraction of sp³-hybridized carbons (Fsp3) is 0.133. The summed E-state index contributed by atoms with van der Waals surface area (Å²) in [5.41, 5.74) is -2.36. The molecule has 0 N–H and O–H groups in total. The van der Waals surface area contributed by atoms with Gasteiger partial charge in [0.15, 0.2) is 0 Å². The monoisotopic (exact) mass is 486 g/mol. The molecule has 0 aliphatic heterocycles. The van der Waals surface area contributed by atoms with Crippen LogP contribution in [0.4, 0.5) is 0 Å². The zero-order chi connectivity index (χ0) is 21.1. The molecular formula is C15H10Cl4N2O6S. The van der Waals surface area contributed by atoms with E-state index in [1.54, 1.807) is 18.2 Å². The zero-order valence-electron chi connectivity index (χ0n) is 13.8. The Balaban J connectivity index is 2.49. The predicted molar refractivity (Wildman–Crippen MR) is 107 cm³/mol. The van der Waals surface area contributed by atoms with Gasteiger partial charge in [-0.25, -0.2) is 0 Å². The van der Waals surface area contributed by atoms with Gasteiger partial charge in [0.05, 0.1) is 27.1 Å². The van der Waals surface area contributed by atoms with E-state index in [2.05, 4.69) is 4.40 Å². The number of methoxy groups -OCH3 is 1. The summed E-state index contributed by atoms with van der Waals surface area (Å²) in [6, 6.07) is 8.92. The first-order valence-corrected chi connectivity index (χ1v) is 10.2. The summed E-state index contributed by atoms with van der Waals surface area (Å²) in [4.78, 5) is 10.2. The molecule has 0 bridgehead atoms. The van der Waals surface area contributed by atoms with Crippen molar-refractivity contribution in [2.24, 2.45) is 4.40 Å². The summed E-state index contributed by atoms with van der Waals surface area (Å²) in [7, 11) is -3.70. The summed E-state index contributed by atoms with van der Waals surface area (Å²) in [6.07, 6.45) is 0. The second kappa shape index (κ2) is 9.15. The number of ether oxygens (including phenoxy) is 2. The van der Waals surface area contributed by atoms with Crippen LogP contribution in [0.1, 0.15) is 5.56 Å². The van der Waals surface area contributed by atoms with Gasteiger partial charge in [-0.3, -0.25) is 10.1 Å². The molecule has 0 aliphatic rings. The van der Waals surface area contributed by atoms with Crippen LogP contribution in [-0.4, -0.2) is 31.9 Å². The molecular weight excluding hydrogens is 478 g/mol. The minimum Gasteiger partial charge on any atom is -0.480 e. The Bertz CT molecular complexity index is 1030. The molecule has 0 radical (unpaired) electrons. The van der Waals surface area contributed by atoms with Gasteiger partial charge in [-0.2, -0.15) is 8.42 Å². The molecule has 8 nitrogen and oxygen atoms in total. The minimum absolute atomic E-state index is 0.120. The van der Waals surface area contributed by atoms with Crippen LogP contribution >= 0.6 is 46.4 Å². The van der Waals surface area contributed by atoms with Crippen molar-refractivity contribution in [2.75, 3.05) is 7.11 Å². The van der Waals surface area contributed by atoms with Crippen LogP contribution in [-0.2, 0) is 14.8 Å². The molecule has 0 spiro atoms. The van der Waals surface area contributed by atoms with Crippen LogP contribution in [0.2, 0.25) is 20.1 Å². The molecule has 0 fully saturated rings. The predicted octanol–water partition coefficient (Wildman–Crippen LogP) is 4.66. The summed E-state index contributed by atoms with van der Waals surface area (Å²) in [6.45, 7) is 0.